The molecule has 0 radical (unpaired) electrons. The van der Waals surface area contributed by atoms with Gasteiger partial charge in [0.25, 0.3) is 5.91 Å². The summed E-state index contributed by atoms with van der Waals surface area (Å²) in [5.41, 5.74) is 0.406. The lowest BCUT2D eigenvalue weighted by Crippen LogP contribution is -2.28. The molecule has 1 aromatic heterocycles. The van der Waals surface area contributed by atoms with Crippen LogP contribution in [0, 0.1) is 0 Å². The van der Waals surface area contributed by atoms with Gasteiger partial charge in [-0.25, -0.2) is 10.0 Å². The van der Waals surface area contributed by atoms with Crippen molar-refractivity contribution >= 4 is 27.8 Å². The summed E-state index contributed by atoms with van der Waals surface area (Å²) in [6.45, 7) is 1.50. The zero-order valence-electron chi connectivity index (χ0n) is 10.2. The smallest absolute Gasteiger partial charge is 0.310 e. The number of pyridine rings is 1. The maximum atomic E-state index is 12.0. The molecule has 0 bridgehead atoms. The number of carbonyl (C=O) groups excluding carboxylic acids is 1. The second kappa shape index (κ2) is 5.92. The minimum atomic E-state index is -1.02. The summed E-state index contributed by atoms with van der Waals surface area (Å²) >= 11 is 3.15. The maximum absolute atomic E-state index is 12.0. The van der Waals surface area contributed by atoms with E-state index >= 15 is 0 Å². The van der Waals surface area contributed by atoms with Gasteiger partial charge in [-0.2, -0.15) is 0 Å². The number of halogens is 1. The van der Waals surface area contributed by atoms with E-state index in [0.29, 0.717) is 10.2 Å². The lowest BCUT2D eigenvalue weighted by molar-refractivity contribution is -0.138. The third-order valence-electron chi connectivity index (χ3n) is 2.49. The Labute approximate surface area is 113 Å². The highest BCUT2D eigenvalue weighted by molar-refractivity contribution is 9.10. The lowest BCUT2D eigenvalue weighted by Gasteiger charge is -2.17. The molecule has 1 N–H and O–H groups in total. The van der Waals surface area contributed by atoms with Crippen LogP contribution in [-0.4, -0.2) is 41.2 Å². The molecule has 1 aromatic rings. The maximum Gasteiger partial charge on any atom is 0.310 e. The van der Waals surface area contributed by atoms with Crippen LogP contribution in [0.3, 0.4) is 0 Å². The number of hydrogen-bond donors (Lipinski definition) is 1. The molecule has 0 aliphatic heterocycles. The van der Waals surface area contributed by atoms with Gasteiger partial charge in [0.1, 0.15) is 10.3 Å². The Morgan fingerprint density at radius 2 is 2.11 bits per heavy atom. The van der Waals surface area contributed by atoms with Crippen molar-refractivity contribution in [3.05, 3.63) is 28.0 Å². The van der Waals surface area contributed by atoms with Crippen LogP contribution in [0.1, 0.15) is 28.9 Å². The van der Waals surface area contributed by atoms with Crippen molar-refractivity contribution < 1.29 is 19.5 Å². The predicted molar refractivity (Wildman–Crippen MR) is 67.1 cm³/mol. The number of rotatable bonds is 4. The van der Waals surface area contributed by atoms with Crippen LogP contribution < -0.4 is 0 Å². The van der Waals surface area contributed by atoms with Gasteiger partial charge in [0.15, 0.2) is 0 Å². The molecule has 0 aliphatic rings. The molecule has 18 heavy (non-hydrogen) atoms. The molecular formula is C11H13BrN2O4. The molecule has 0 saturated carbocycles. The summed E-state index contributed by atoms with van der Waals surface area (Å²) in [7, 11) is 2.77. The Morgan fingerprint density at radius 1 is 1.50 bits per heavy atom. The van der Waals surface area contributed by atoms with E-state index in [1.807, 2.05) is 0 Å². The number of carboxylic acid groups (broad SMARTS) is 1. The van der Waals surface area contributed by atoms with Gasteiger partial charge >= 0.3 is 5.97 Å². The van der Waals surface area contributed by atoms with Gasteiger partial charge < -0.3 is 5.11 Å². The molecule has 1 atom stereocenters. The Hall–Kier alpha value is -1.47. The van der Waals surface area contributed by atoms with E-state index in [1.54, 1.807) is 12.1 Å². The first-order valence-corrected chi connectivity index (χ1v) is 5.89. The van der Waals surface area contributed by atoms with E-state index in [4.69, 9.17) is 9.94 Å². The van der Waals surface area contributed by atoms with E-state index in [9.17, 15) is 9.59 Å². The fourth-order valence-electron chi connectivity index (χ4n) is 1.33. The number of hydroxylamine groups is 2. The summed E-state index contributed by atoms with van der Waals surface area (Å²) in [5.74, 6) is -2.34. The van der Waals surface area contributed by atoms with Crippen molar-refractivity contribution in [1.29, 1.82) is 0 Å². The standard InChI is InChI=1S/C11H13BrN2O4/c1-6(11(16)17)7-4-5-8(12)13-9(7)10(15)14(2)18-3/h4-6H,1-3H3,(H,16,17). The van der Waals surface area contributed by atoms with E-state index < -0.39 is 17.8 Å². The fraction of sp³-hybridized carbons (Fsp3) is 0.364. The molecule has 0 saturated heterocycles. The van der Waals surface area contributed by atoms with Crippen LogP contribution in [0.4, 0.5) is 0 Å². The van der Waals surface area contributed by atoms with Crippen molar-refractivity contribution in [2.24, 2.45) is 0 Å². The fourth-order valence-corrected chi connectivity index (χ4v) is 1.64. The molecule has 7 heteroatoms. The van der Waals surface area contributed by atoms with Gasteiger partial charge in [0, 0.05) is 7.05 Å². The predicted octanol–water partition coefficient (Wildman–Crippen LogP) is 1.67. The molecule has 1 amide bonds. The summed E-state index contributed by atoms with van der Waals surface area (Å²) < 4.78 is 0.455. The number of carbonyl (C=O) groups is 2. The van der Waals surface area contributed by atoms with Crippen LogP contribution in [0.2, 0.25) is 0 Å². The van der Waals surface area contributed by atoms with Crippen molar-refractivity contribution in [2.75, 3.05) is 14.2 Å². The summed E-state index contributed by atoms with van der Waals surface area (Å²) in [6.07, 6.45) is 0. The van der Waals surface area contributed by atoms with Crippen molar-refractivity contribution in [1.82, 2.24) is 10.0 Å². The minimum absolute atomic E-state index is 0.0589. The highest BCUT2D eigenvalue weighted by atomic mass is 79.9. The average molecular weight is 317 g/mol. The third kappa shape index (κ3) is 3.05. The first-order valence-electron chi connectivity index (χ1n) is 5.10. The van der Waals surface area contributed by atoms with Crippen LogP contribution in [0.15, 0.2) is 16.7 Å². The molecule has 0 fully saturated rings. The van der Waals surface area contributed by atoms with E-state index in [2.05, 4.69) is 20.9 Å². The zero-order chi connectivity index (χ0) is 13.9. The number of aliphatic carboxylic acids is 1. The van der Waals surface area contributed by atoms with Crippen LogP contribution in [0.25, 0.3) is 0 Å². The normalized spacial score (nSPS) is 12.0. The topological polar surface area (TPSA) is 79.7 Å². The Balaban J connectivity index is 3.28. The summed E-state index contributed by atoms with van der Waals surface area (Å²) in [5, 5.41) is 10.0. The molecule has 0 aromatic carbocycles. The number of aromatic nitrogens is 1. The van der Waals surface area contributed by atoms with Crippen LogP contribution in [-0.2, 0) is 9.63 Å². The molecule has 1 heterocycles. The van der Waals surface area contributed by atoms with Crippen LogP contribution >= 0.6 is 15.9 Å². The average Bonchev–Trinajstić information content (AvgIpc) is 2.35. The van der Waals surface area contributed by atoms with Gasteiger partial charge in [-0.3, -0.25) is 14.4 Å². The Morgan fingerprint density at radius 3 is 2.61 bits per heavy atom. The molecule has 1 unspecified atom stereocenters. The monoisotopic (exact) mass is 316 g/mol. The number of hydrogen-bond acceptors (Lipinski definition) is 4. The van der Waals surface area contributed by atoms with Crippen molar-refractivity contribution in [2.45, 2.75) is 12.8 Å². The molecular weight excluding hydrogens is 304 g/mol. The minimum Gasteiger partial charge on any atom is -0.481 e. The van der Waals surface area contributed by atoms with E-state index in [0.717, 1.165) is 5.06 Å². The number of nitrogens with zero attached hydrogens (tertiary/aromatic N) is 2. The van der Waals surface area contributed by atoms with Gasteiger partial charge in [-0.1, -0.05) is 6.07 Å². The third-order valence-corrected chi connectivity index (χ3v) is 2.93. The highest BCUT2D eigenvalue weighted by Gasteiger charge is 2.24. The van der Waals surface area contributed by atoms with Gasteiger partial charge in [-0.15, -0.1) is 0 Å². The highest BCUT2D eigenvalue weighted by Crippen LogP contribution is 2.22. The van der Waals surface area contributed by atoms with E-state index in [1.165, 1.54) is 21.1 Å². The number of amides is 1. The number of carboxylic acids is 1. The SMILES string of the molecule is CON(C)C(=O)c1nc(Br)ccc1C(C)C(=O)O. The largest absolute Gasteiger partial charge is 0.481 e. The van der Waals surface area contributed by atoms with E-state index in [-0.39, 0.29) is 5.69 Å². The molecule has 0 aliphatic carbocycles. The van der Waals surface area contributed by atoms with Crippen molar-refractivity contribution in [3.63, 3.8) is 0 Å². The van der Waals surface area contributed by atoms with Gasteiger partial charge in [0.2, 0.25) is 0 Å². The second-order valence-corrected chi connectivity index (χ2v) is 4.43. The van der Waals surface area contributed by atoms with Crippen molar-refractivity contribution in [3.8, 4) is 0 Å². The quantitative estimate of drug-likeness (QED) is 0.675. The zero-order valence-corrected chi connectivity index (χ0v) is 11.8. The second-order valence-electron chi connectivity index (χ2n) is 3.62. The Bertz CT molecular complexity index is 478. The summed E-state index contributed by atoms with van der Waals surface area (Å²) in [6, 6.07) is 3.16. The molecule has 6 nitrogen and oxygen atoms in total. The molecule has 1 rings (SSSR count). The molecule has 98 valence electrons. The first-order chi connectivity index (χ1) is 8.38. The Kier molecular flexibility index (Phi) is 4.80. The van der Waals surface area contributed by atoms with Gasteiger partial charge in [-0.05, 0) is 34.5 Å². The first kappa shape index (κ1) is 14.6. The van der Waals surface area contributed by atoms with Crippen LogP contribution in [0.5, 0.6) is 0 Å². The van der Waals surface area contributed by atoms with Gasteiger partial charge in [0.05, 0.1) is 13.0 Å². The summed E-state index contributed by atoms with van der Waals surface area (Å²) in [4.78, 5) is 31.8. The lowest BCUT2D eigenvalue weighted by atomic mass is 9.99. The molecule has 0 spiro atoms.